The molecule has 6 rings (SSSR count). The van der Waals surface area contributed by atoms with Crippen LogP contribution in [0.4, 0.5) is 0 Å². The summed E-state index contributed by atoms with van der Waals surface area (Å²) in [7, 11) is 2.00. The number of furan rings is 1. The van der Waals surface area contributed by atoms with Gasteiger partial charge in [0.15, 0.2) is 5.52 Å². The summed E-state index contributed by atoms with van der Waals surface area (Å²) in [4.78, 5) is 4.44. The van der Waals surface area contributed by atoms with Crippen molar-refractivity contribution in [3.8, 4) is 6.07 Å². The van der Waals surface area contributed by atoms with Crippen LogP contribution >= 0.6 is 0 Å². The molecule has 0 fully saturated rings. The van der Waals surface area contributed by atoms with Crippen molar-refractivity contribution < 1.29 is 8.98 Å². The summed E-state index contributed by atoms with van der Waals surface area (Å²) in [5.74, 6) is 0. The van der Waals surface area contributed by atoms with E-state index >= 15 is 0 Å². The van der Waals surface area contributed by atoms with E-state index in [0.29, 0.717) is 11.3 Å². The predicted octanol–water partition coefficient (Wildman–Crippen LogP) is 3.98. The Balaban J connectivity index is 2.18. The van der Waals surface area contributed by atoms with Crippen LogP contribution in [-0.2, 0) is 7.05 Å². The van der Waals surface area contributed by atoms with Gasteiger partial charge in [-0.1, -0.05) is 18.2 Å². The molecule has 5 heteroatoms. The Labute approximate surface area is 147 Å². The van der Waals surface area contributed by atoms with E-state index in [0.717, 1.165) is 49.2 Å². The zero-order valence-electron chi connectivity index (χ0n) is 14.2. The molecule has 0 radical (unpaired) electrons. The number of hydrogen-bond donors (Lipinski definition) is 0. The van der Waals surface area contributed by atoms with Gasteiger partial charge in [-0.3, -0.25) is 0 Å². The van der Waals surface area contributed by atoms with Gasteiger partial charge in [0.1, 0.15) is 17.2 Å². The number of hydrogen-bond acceptors (Lipinski definition) is 3. The van der Waals surface area contributed by atoms with E-state index in [1.807, 2.05) is 29.8 Å². The highest BCUT2D eigenvalue weighted by Gasteiger charge is 2.26. The topological polar surface area (TPSA) is 58.1 Å². The van der Waals surface area contributed by atoms with E-state index < -0.39 is 0 Å². The van der Waals surface area contributed by atoms with Crippen molar-refractivity contribution in [3.05, 3.63) is 54.0 Å². The number of fused-ring (bicyclic) bond motifs is 5. The molecule has 0 aliphatic rings. The molecular formula is C21H13N4O+. The van der Waals surface area contributed by atoms with Crippen LogP contribution < -0.4 is 4.57 Å². The number of aromatic nitrogens is 3. The number of aryl methyl sites for hydroxylation is 2. The van der Waals surface area contributed by atoms with Gasteiger partial charge in [-0.2, -0.15) is 5.26 Å². The first kappa shape index (κ1) is 13.6. The van der Waals surface area contributed by atoms with Gasteiger partial charge >= 0.3 is 5.71 Å². The van der Waals surface area contributed by atoms with Crippen molar-refractivity contribution in [2.75, 3.05) is 0 Å². The smallest absolute Gasteiger partial charge is 0.346 e. The number of pyridine rings is 1. The van der Waals surface area contributed by atoms with Crippen molar-refractivity contribution >= 4 is 49.3 Å². The molecule has 0 atom stereocenters. The molecule has 0 N–H and O–H groups in total. The molecule has 0 saturated carbocycles. The van der Waals surface area contributed by atoms with E-state index in [9.17, 15) is 5.26 Å². The molecule has 6 aromatic rings. The zero-order chi connectivity index (χ0) is 17.6. The summed E-state index contributed by atoms with van der Waals surface area (Å²) in [6.07, 6.45) is 3.55. The van der Waals surface area contributed by atoms with E-state index in [2.05, 4.69) is 34.5 Å². The van der Waals surface area contributed by atoms with Crippen LogP contribution in [0.5, 0.6) is 0 Å². The summed E-state index contributed by atoms with van der Waals surface area (Å²) in [6, 6.07) is 12.6. The van der Waals surface area contributed by atoms with E-state index in [-0.39, 0.29) is 0 Å². The van der Waals surface area contributed by atoms with Crippen molar-refractivity contribution in [1.29, 1.82) is 5.26 Å². The number of nitriles is 1. The quantitative estimate of drug-likeness (QED) is 0.311. The highest BCUT2D eigenvalue weighted by molar-refractivity contribution is 6.26. The van der Waals surface area contributed by atoms with Gasteiger partial charge in [0.2, 0.25) is 0 Å². The van der Waals surface area contributed by atoms with Gasteiger partial charge in [0, 0.05) is 10.8 Å². The first-order valence-corrected chi connectivity index (χ1v) is 8.44. The average molecular weight is 337 g/mol. The molecule has 26 heavy (non-hydrogen) atoms. The van der Waals surface area contributed by atoms with Crippen molar-refractivity contribution in [2.24, 2.45) is 7.05 Å². The second-order valence-corrected chi connectivity index (χ2v) is 6.81. The monoisotopic (exact) mass is 337 g/mol. The number of benzene rings is 2. The summed E-state index contributed by atoms with van der Waals surface area (Å²) in [5, 5.41) is 14.0. The normalized spacial score (nSPS) is 12.2. The third kappa shape index (κ3) is 1.34. The molecule has 0 unspecified atom stereocenters. The maximum atomic E-state index is 9.78. The molecule has 2 aromatic carbocycles. The molecule has 0 saturated heterocycles. The Kier molecular flexibility index (Phi) is 2.25. The molecule has 4 aromatic heterocycles. The Bertz CT molecular complexity index is 1560. The van der Waals surface area contributed by atoms with Crippen LogP contribution in [-0.4, -0.2) is 9.38 Å². The summed E-state index contributed by atoms with van der Waals surface area (Å²) < 4.78 is 10.0. The van der Waals surface area contributed by atoms with Crippen LogP contribution in [0.25, 0.3) is 49.3 Å². The largest absolute Gasteiger partial charge is 0.425 e. The lowest BCUT2D eigenvalue weighted by Crippen LogP contribution is -2.29. The molecule has 4 heterocycles. The lowest BCUT2D eigenvalue weighted by atomic mass is 9.99. The molecule has 122 valence electrons. The molecular weight excluding hydrogens is 324 g/mol. The van der Waals surface area contributed by atoms with Gasteiger partial charge in [0.25, 0.3) is 6.33 Å². The first-order chi connectivity index (χ1) is 12.7. The van der Waals surface area contributed by atoms with Gasteiger partial charge in [0.05, 0.1) is 35.1 Å². The van der Waals surface area contributed by atoms with Crippen molar-refractivity contribution in [1.82, 2.24) is 9.38 Å². The van der Waals surface area contributed by atoms with Gasteiger partial charge in [-0.05, 0) is 29.6 Å². The number of nitrogens with zero attached hydrogens (tertiary/aromatic N) is 4. The SMILES string of the molecule is Cc1cc(C#N)c2c3ccccc3n3c4coc5nc[n+](C)c(c1c23)c54. The van der Waals surface area contributed by atoms with Crippen LogP contribution in [0, 0.1) is 18.3 Å². The van der Waals surface area contributed by atoms with E-state index in [1.54, 1.807) is 12.6 Å². The Morgan fingerprint density at radius 1 is 1.15 bits per heavy atom. The minimum absolute atomic E-state index is 0.633. The van der Waals surface area contributed by atoms with Crippen molar-refractivity contribution in [2.45, 2.75) is 6.92 Å². The standard InChI is InChI=1S/C21H13N4O/c1-11-7-12(8-22)17-13-5-3-4-6-14(13)25-15-9-26-21-18(15)19(16(11)20(17)25)24(2)10-23-21/h3-7,9-10H,1-2H3/q+1. The zero-order valence-corrected chi connectivity index (χ0v) is 14.2. The number of para-hydroxylation sites is 1. The number of rotatable bonds is 0. The van der Waals surface area contributed by atoms with Gasteiger partial charge in [-0.25, -0.2) is 4.57 Å². The van der Waals surface area contributed by atoms with Gasteiger partial charge < -0.3 is 8.82 Å². The van der Waals surface area contributed by atoms with Crippen molar-refractivity contribution in [3.63, 3.8) is 0 Å². The molecule has 5 nitrogen and oxygen atoms in total. The van der Waals surface area contributed by atoms with Crippen LogP contribution in [0.3, 0.4) is 0 Å². The average Bonchev–Trinajstić information content (AvgIpc) is 3.22. The summed E-state index contributed by atoms with van der Waals surface area (Å²) in [5.41, 5.74) is 6.62. The lowest BCUT2D eigenvalue weighted by molar-refractivity contribution is -0.647. The molecule has 0 aliphatic carbocycles. The minimum Gasteiger partial charge on any atom is -0.425 e. The maximum absolute atomic E-state index is 9.78. The predicted molar refractivity (Wildman–Crippen MR) is 99.3 cm³/mol. The molecule has 0 amide bonds. The second kappa shape index (κ2) is 4.30. The fourth-order valence-corrected chi connectivity index (χ4v) is 4.43. The van der Waals surface area contributed by atoms with Crippen LogP contribution in [0.2, 0.25) is 0 Å². The van der Waals surface area contributed by atoms with Crippen LogP contribution in [0.1, 0.15) is 11.1 Å². The fraction of sp³-hybridized carbons (Fsp3) is 0.0952. The third-order valence-electron chi connectivity index (χ3n) is 5.42. The fourth-order valence-electron chi connectivity index (χ4n) is 4.43. The Morgan fingerprint density at radius 2 is 2.00 bits per heavy atom. The molecule has 0 spiro atoms. The minimum atomic E-state index is 0.633. The molecule has 0 aliphatic heterocycles. The van der Waals surface area contributed by atoms with Crippen LogP contribution in [0.15, 0.2) is 47.3 Å². The van der Waals surface area contributed by atoms with E-state index in [4.69, 9.17) is 4.42 Å². The Hall–Kier alpha value is -3.65. The van der Waals surface area contributed by atoms with Gasteiger partial charge in [-0.15, -0.1) is 0 Å². The summed E-state index contributed by atoms with van der Waals surface area (Å²) >= 11 is 0. The highest BCUT2D eigenvalue weighted by atomic mass is 16.3. The first-order valence-electron chi connectivity index (χ1n) is 8.44. The molecule has 0 bridgehead atoms. The second-order valence-electron chi connectivity index (χ2n) is 6.81. The lowest BCUT2D eigenvalue weighted by Gasteiger charge is -2.10. The Morgan fingerprint density at radius 3 is 2.85 bits per heavy atom. The van der Waals surface area contributed by atoms with E-state index in [1.165, 1.54) is 0 Å². The maximum Gasteiger partial charge on any atom is 0.346 e. The highest BCUT2D eigenvalue weighted by Crippen LogP contribution is 2.41. The summed E-state index contributed by atoms with van der Waals surface area (Å²) in [6.45, 7) is 2.06. The third-order valence-corrected chi connectivity index (χ3v) is 5.42.